The van der Waals surface area contributed by atoms with E-state index < -0.39 is 12.1 Å². The lowest BCUT2D eigenvalue weighted by molar-refractivity contribution is -0.166. The molecule has 6 heteroatoms. The molecule has 0 amide bonds. The Morgan fingerprint density at radius 1 is 0.273 bits per heavy atom. The summed E-state index contributed by atoms with van der Waals surface area (Å²) >= 11 is 0. The van der Waals surface area contributed by atoms with Crippen molar-refractivity contribution in [1.29, 1.82) is 0 Å². The Kier molecular flexibility index (Phi) is 59.5. The predicted molar refractivity (Wildman–Crippen MR) is 334 cm³/mol. The molecule has 0 aromatic carbocycles. The van der Waals surface area contributed by atoms with Crippen LogP contribution in [0.4, 0.5) is 0 Å². The molecule has 0 bridgehead atoms. The highest BCUT2D eigenvalue weighted by molar-refractivity contribution is 5.71. The molecule has 0 aliphatic carbocycles. The van der Waals surface area contributed by atoms with Crippen LogP contribution in [-0.4, -0.2) is 37.2 Å². The molecular weight excluding hydrogens is 949 g/mol. The fourth-order valence-electron chi connectivity index (χ4n) is 7.96. The Morgan fingerprint density at radius 3 is 0.870 bits per heavy atom. The van der Waals surface area contributed by atoms with Crippen molar-refractivity contribution in [1.82, 2.24) is 0 Å². The van der Waals surface area contributed by atoms with E-state index in [2.05, 4.69) is 154 Å². The summed E-state index contributed by atoms with van der Waals surface area (Å²) in [7, 11) is 0. The minimum absolute atomic E-state index is 0.138. The monoisotopic (exact) mass is 1060 g/mol. The van der Waals surface area contributed by atoms with Gasteiger partial charge < -0.3 is 14.2 Å². The molecule has 0 rings (SSSR count). The molecule has 0 heterocycles. The molecule has 0 aromatic rings. The van der Waals surface area contributed by atoms with E-state index in [1.54, 1.807) is 0 Å². The number of allylic oxidation sites excluding steroid dienone is 26. The first-order valence-corrected chi connectivity index (χ1v) is 31.0. The van der Waals surface area contributed by atoms with Gasteiger partial charge in [0.05, 0.1) is 0 Å². The van der Waals surface area contributed by atoms with Crippen LogP contribution in [0.2, 0.25) is 0 Å². The average molecular weight is 1060 g/mol. The lowest BCUT2D eigenvalue weighted by atomic mass is 10.0. The number of hydrogen-bond acceptors (Lipinski definition) is 6. The molecule has 0 aromatic heterocycles. The van der Waals surface area contributed by atoms with E-state index in [4.69, 9.17) is 14.2 Å². The summed E-state index contributed by atoms with van der Waals surface area (Å²) < 4.78 is 16.8. The van der Waals surface area contributed by atoms with Gasteiger partial charge in [0.2, 0.25) is 0 Å². The van der Waals surface area contributed by atoms with E-state index in [9.17, 15) is 14.4 Å². The number of esters is 3. The maximum Gasteiger partial charge on any atom is 0.306 e. The highest BCUT2D eigenvalue weighted by Crippen LogP contribution is 2.14. The van der Waals surface area contributed by atoms with Crippen molar-refractivity contribution < 1.29 is 28.6 Å². The molecule has 1 atom stereocenters. The third kappa shape index (κ3) is 61.8. The van der Waals surface area contributed by atoms with Gasteiger partial charge in [0.1, 0.15) is 13.2 Å². The van der Waals surface area contributed by atoms with Gasteiger partial charge in [-0.1, -0.05) is 269 Å². The zero-order valence-corrected chi connectivity index (χ0v) is 49.4. The summed E-state index contributed by atoms with van der Waals surface area (Å²) in [6.07, 6.45) is 92.7. The minimum atomic E-state index is -0.858. The summed E-state index contributed by atoms with van der Waals surface area (Å²) in [5.41, 5.74) is 0. The minimum Gasteiger partial charge on any atom is -0.462 e. The summed E-state index contributed by atoms with van der Waals surface area (Å²) in [5.74, 6) is -1.12. The number of hydrogen-bond donors (Lipinski definition) is 0. The fraction of sp³-hybridized carbons (Fsp3) is 0.592. The van der Waals surface area contributed by atoms with Crippen LogP contribution in [0.3, 0.4) is 0 Å². The summed E-state index contributed by atoms with van der Waals surface area (Å²) in [6, 6.07) is 0. The third-order valence-corrected chi connectivity index (χ3v) is 12.5. The number of unbranched alkanes of at least 4 members (excludes halogenated alkanes) is 17. The first-order chi connectivity index (χ1) is 38.0. The average Bonchev–Trinajstić information content (AvgIpc) is 3.43. The van der Waals surface area contributed by atoms with Crippen LogP contribution >= 0.6 is 0 Å². The molecule has 432 valence electrons. The van der Waals surface area contributed by atoms with Crippen LogP contribution in [0, 0.1) is 0 Å². The van der Waals surface area contributed by atoms with Crippen LogP contribution < -0.4 is 0 Å². The lowest BCUT2D eigenvalue weighted by Gasteiger charge is -2.18. The summed E-state index contributed by atoms with van der Waals surface area (Å²) in [6.45, 7) is 6.28. The molecule has 0 saturated heterocycles. The first-order valence-electron chi connectivity index (χ1n) is 31.0. The van der Waals surface area contributed by atoms with Gasteiger partial charge in [0.15, 0.2) is 6.10 Å². The van der Waals surface area contributed by atoms with E-state index in [-0.39, 0.29) is 38.0 Å². The first kappa shape index (κ1) is 72.0. The summed E-state index contributed by atoms with van der Waals surface area (Å²) in [5, 5.41) is 0. The maximum atomic E-state index is 12.9. The molecule has 6 nitrogen and oxygen atoms in total. The zero-order chi connectivity index (χ0) is 55.7. The van der Waals surface area contributed by atoms with Crippen molar-refractivity contribution in [3.8, 4) is 0 Å². The Hall–Kier alpha value is -4.97. The Morgan fingerprint density at radius 2 is 0.532 bits per heavy atom. The van der Waals surface area contributed by atoms with E-state index in [0.717, 1.165) is 96.3 Å². The van der Waals surface area contributed by atoms with Gasteiger partial charge in [0, 0.05) is 19.3 Å². The summed E-state index contributed by atoms with van der Waals surface area (Å²) in [4.78, 5) is 38.2. The van der Waals surface area contributed by atoms with Crippen LogP contribution in [0.15, 0.2) is 158 Å². The van der Waals surface area contributed by atoms with E-state index in [0.29, 0.717) is 19.3 Å². The molecule has 0 aliphatic rings. The molecule has 0 aliphatic heterocycles. The van der Waals surface area contributed by atoms with Crippen molar-refractivity contribution in [3.63, 3.8) is 0 Å². The van der Waals surface area contributed by atoms with Crippen LogP contribution in [-0.2, 0) is 28.6 Å². The van der Waals surface area contributed by atoms with Gasteiger partial charge >= 0.3 is 17.9 Å². The van der Waals surface area contributed by atoms with Crippen LogP contribution in [0.5, 0.6) is 0 Å². The Labute approximate surface area is 473 Å². The van der Waals surface area contributed by atoms with Crippen molar-refractivity contribution in [2.45, 2.75) is 258 Å². The quantitative estimate of drug-likeness (QED) is 0.0261. The van der Waals surface area contributed by atoms with E-state index >= 15 is 0 Å². The van der Waals surface area contributed by atoms with Gasteiger partial charge in [-0.3, -0.25) is 14.4 Å². The zero-order valence-electron chi connectivity index (χ0n) is 49.4. The van der Waals surface area contributed by atoms with E-state index in [1.807, 2.05) is 24.3 Å². The molecule has 0 saturated carbocycles. The normalized spacial score (nSPS) is 13.2. The molecule has 77 heavy (non-hydrogen) atoms. The Bertz CT molecular complexity index is 1740. The smallest absolute Gasteiger partial charge is 0.306 e. The lowest BCUT2D eigenvalue weighted by Crippen LogP contribution is -2.30. The molecular formula is C71H112O6. The molecule has 0 unspecified atom stereocenters. The van der Waals surface area contributed by atoms with Crippen LogP contribution in [0.25, 0.3) is 0 Å². The second-order valence-corrected chi connectivity index (χ2v) is 19.8. The Balaban J connectivity index is 4.60. The second kappa shape index (κ2) is 63.6. The van der Waals surface area contributed by atoms with Crippen molar-refractivity contribution in [3.05, 3.63) is 158 Å². The SMILES string of the molecule is CC/C=C\C/C=C\C/C=C\C/C=C\C/C=C\C/C=C\CCC(=O)OC[C@H](COC(=O)CCCCCCCCCCCCC/C=C\CCCCCCCC)OC(=O)CC/C=C\C/C=C\C/C=C\C/C=C\C/C=C\C/C=C\CC. The van der Waals surface area contributed by atoms with Gasteiger partial charge in [-0.25, -0.2) is 0 Å². The van der Waals surface area contributed by atoms with Crippen LogP contribution in [0.1, 0.15) is 252 Å². The van der Waals surface area contributed by atoms with Crippen molar-refractivity contribution >= 4 is 17.9 Å². The van der Waals surface area contributed by atoms with Crippen molar-refractivity contribution in [2.24, 2.45) is 0 Å². The number of ether oxygens (including phenoxy) is 3. The highest BCUT2D eigenvalue weighted by atomic mass is 16.6. The largest absolute Gasteiger partial charge is 0.462 e. The maximum absolute atomic E-state index is 12.9. The molecule has 0 radical (unpaired) electrons. The third-order valence-electron chi connectivity index (χ3n) is 12.5. The van der Waals surface area contributed by atoms with Gasteiger partial charge in [-0.05, 0) is 122 Å². The molecule has 0 spiro atoms. The highest BCUT2D eigenvalue weighted by Gasteiger charge is 2.19. The topological polar surface area (TPSA) is 78.9 Å². The number of rotatable bonds is 54. The standard InChI is InChI=1S/C71H112O6/c1-4-7-10-13-16-19-22-25-28-31-34-35-38-40-43-46-49-52-55-58-61-64-70(73)76-67-68(77-71(74)65-62-59-56-53-50-47-44-41-37-33-30-27-24-21-18-15-12-9-6-3)66-75-69(72)63-60-57-54-51-48-45-42-39-36-32-29-26-23-20-17-14-11-8-5-2/h8-9,11-12,17-18,20-21,25-30,36-37,39,41,45,47-48,50,54,56-57,59,68H,4-7,10,13-16,19,22-24,31-35,38,40,42-44,46,49,51-53,55,58,60-67H2,1-3H3/b11-8-,12-9-,20-17-,21-18-,28-25-,29-26-,30-27-,39-36-,41-37-,48-45-,50-47-,57-54-,59-56-/t68-/m1/s1. The number of carbonyl (C=O) groups is 3. The van der Waals surface area contributed by atoms with Gasteiger partial charge in [-0.2, -0.15) is 0 Å². The van der Waals surface area contributed by atoms with Gasteiger partial charge in [-0.15, -0.1) is 0 Å². The molecule has 0 N–H and O–H groups in total. The predicted octanol–water partition coefficient (Wildman–Crippen LogP) is 21.3. The molecule has 0 fully saturated rings. The second-order valence-electron chi connectivity index (χ2n) is 19.8. The number of carbonyl (C=O) groups excluding carboxylic acids is 3. The van der Waals surface area contributed by atoms with E-state index in [1.165, 1.54) is 103 Å². The fourth-order valence-corrected chi connectivity index (χ4v) is 7.96. The van der Waals surface area contributed by atoms with Gasteiger partial charge in [0.25, 0.3) is 0 Å². The van der Waals surface area contributed by atoms with Crippen molar-refractivity contribution in [2.75, 3.05) is 13.2 Å².